The van der Waals surface area contributed by atoms with Crippen molar-refractivity contribution in [1.82, 2.24) is 0 Å². The van der Waals surface area contributed by atoms with Crippen LogP contribution in [0.3, 0.4) is 0 Å². The topological polar surface area (TPSA) is 46.5 Å². The van der Waals surface area contributed by atoms with E-state index in [0.29, 0.717) is 5.75 Å². The number of hydrogen-bond acceptors (Lipinski definition) is 2. The van der Waals surface area contributed by atoms with Gasteiger partial charge >= 0.3 is 26.5 Å². The molecule has 1 N–H and O–H groups in total. The zero-order chi connectivity index (χ0) is 11.2. The quantitative estimate of drug-likeness (QED) is 0.377. The molecule has 2 aromatic rings. The van der Waals surface area contributed by atoms with Crippen molar-refractivity contribution in [1.29, 1.82) is 0 Å². The first-order chi connectivity index (χ1) is 7.68. The summed E-state index contributed by atoms with van der Waals surface area (Å²) in [6.07, 6.45) is 0. The molecule has 5 heteroatoms. The van der Waals surface area contributed by atoms with Crippen LogP contribution in [0.4, 0.5) is 0 Å². The molecule has 0 spiro atoms. The minimum absolute atomic E-state index is 0. The van der Waals surface area contributed by atoms with Crippen LogP contribution >= 0.6 is 7.60 Å². The molecule has 0 radical (unpaired) electrons. The number of hydrogen-bond donors (Lipinski definition) is 1. The summed E-state index contributed by atoms with van der Waals surface area (Å²) in [5.41, 5.74) is 1.55. The average molecular weight is 238 g/mol. The van der Waals surface area contributed by atoms with E-state index in [1.54, 1.807) is 30.3 Å². The zero-order valence-electron chi connectivity index (χ0n) is 9.25. The van der Waals surface area contributed by atoms with E-state index >= 15 is 0 Å². The van der Waals surface area contributed by atoms with Crippen LogP contribution in [-0.2, 0) is 4.57 Å². The molecular weight excluding hydrogens is 230 g/mol. The second-order valence-corrected chi connectivity index (χ2v) is 5.21. The summed E-state index contributed by atoms with van der Waals surface area (Å²) < 4.78 is 17.0. The monoisotopic (exact) mass is 238 g/mol. The third-order valence-corrected chi connectivity index (χ3v) is 3.90. The minimum atomic E-state index is -3.76. The summed E-state index contributed by atoms with van der Waals surface area (Å²) in [5, 5.41) is 0.244. The Bertz CT molecular complexity index is 612. The Morgan fingerprint density at radius 3 is 2.65 bits per heavy atom. The Morgan fingerprint density at radius 1 is 1.12 bits per heavy atom. The normalized spacial score (nSPS) is 20.5. The molecule has 1 heterocycles. The predicted molar refractivity (Wildman–Crippen MR) is 60.8 cm³/mol. The Labute approximate surface area is 111 Å². The number of rotatable bonds is 0. The summed E-state index contributed by atoms with van der Waals surface area (Å²) in [4.78, 5) is 9.78. The molecule has 1 atom stereocenters. The minimum Gasteiger partial charge on any atom is -0.423 e. The molecule has 0 saturated heterocycles. The Balaban J connectivity index is 0.00000108. The Morgan fingerprint density at radius 2 is 1.82 bits per heavy atom. The zero-order valence-corrected chi connectivity index (χ0v) is 10.1. The fourth-order valence-corrected chi connectivity index (χ4v) is 3.08. The smallest absolute Gasteiger partial charge is 0.423 e. The van der Waals surface area contributed by atoms with Crippen LogP contribution in [0.2, 0.25) is 0 Å². The molecule has 0 aromatic heterocycles. The van der Waals surface area contributed by atoms with Crippen LogP contribution < -0.4 is 28.7 Å². The molecule has 1 unspecified atom stereocenters. The van der Waals surface area contributed by atoms with E-state index in [0.717, 1.165) is 11.1 Å². The summed E-state index contributed by atoms with van der Waals surface area (Å²) in [5.74, 6) is 0.445. The van der Waals surface area contributed by atoms with Crippen LogP contribution in [0.1, 0.15) is 0 Å². The van der Waals surface area contributed by atoms with E-state index in [2.05, 4.69) is 6.07 Å². The molecule has 2 aromatic carbocycles. The van der Waals surface area contributed by atoms with Crippen LogP contribution in [0.5, 0.6) is 5.75 Å². The molecule has 0 saturated carbocycles. The van der Waals surface area contributed by atoms with Gasteiger partial charge in [-0.05, 0) is 16.9 Å². The van der Waals surface area contributed by atoms with Gasteiger partial charge in [-0.15, -0.1) is 5.56 Å². The molecule has 80 valence electrons. The van der Waals surface area contributed by atoms with Gasteiger partial charge in [0.15, 0.2) is 0 Å². The average Bonchev–Trinajstić information content (AvgIpc) is 2.29. The van der Waals surface area contributed by atoms with Gasteiger partial charge in [0.2, 0.25) is 0 Å². The maximum Gasteiger partial charge on any atom is 1.00 e. The maximum atomic E-state index is 11.9. The number of benzene rings is 2. The Kier molecular flexibility index (Phi) is 3.21. The molecule has 3 rings (SSSR count). The maximum absolute atomic E-state index is 11.9. The second kappa shape index (κ2) is 4.36. The van der Waals surface area contributed by atoms with Crippen molar-refractivity contribution in [2.75, 3.05) is 0 Å². The first kappa shape index (κ1) is 12.5. The van der Waals surface area contributed by atoms with Crippen LogP contribution in [-0.4, -0.2) is 4.89 Å². The van der Waals surface area contributed by atoms with Crippen molar-refractivity contribution in [3.05, 3.63) is 48.5 Å². The van der Waals surface area contributed by atoms with Crippen molar-refractivity contribution in [3.8, 4) is 16.9 Å². The summed E-state index contributed by atoms with van der Waals surface area (Å²) in [7, 11) is -3.76. The molecule has 0 fully saturated rings. The van der Waals surface area contributed by atoms with Gasteiger partial charge in [-0.1, -0.05) is 18.2 Å². The van der Waals surface area contributed by atoms with E-state index in [1.807, 2.05) is 12.1 Å². The van der Waals surface area contributed by atoms with Gasteiger partial charge < -0.3 is 9.42 Å². The standard InChI is InChI=1S/C12H8O3P.Li/c13-16(14)12-8-4-2-6-10(12)9-5-1-3-7-11(9)15-16;/h1-7H,(H,13,14);/q-1;+1. The van der Waals surface area contributed by atoms with Crippen LogP contribution in [0, 0.1) is 6.07 Å². The molecule has 0 bridgehead atoms. The van der Waals surface area contributed by atoms with E-state index in [1.165, 1.54) is 0 Å². The molecule has 3 nitrogen and oxygen atoms in total. The van der Waals surface area contributed by atoms with Crippen molar-refractivity contribution in [2.24, 2.45) is 0 Å². The van der Waals surface area contributed by atoms with E-state index < -0.39 is 7.60 Å². The SMILES string of the molecule is O=P1(O)Oc2ccccc2-c2ccc[c-]c21.[Li+]. The van der Waals surface area contributed by atoms with E-state index in [4.69, 9.17) is 4.52 Å². The third-order valence-electron chi connectivity index (χ3n) is 2.52. The number of fused-ring (bicyclic) bond motifs is 3. The van der Waals surface area contributed by atoms with Gasteiger partial charge in [-0.25, -0.2) is 4.57 Å². The van der Waals surface area contributed by atoms with E-state index in [9.17, 15) is 9.46 Å². The van der Waals surface area contributed by atoms with Gasteiger partial charge in [-0.3, -0.25) is 0 Å². The molecule has 1 aliphatic rings. The fourth-order valence-electron chi connectivity index (χ4n) is 1.83. The summed E-state index contributed by atoms with van der Waals surface area (Å²) in [6, 6.07) is 15.2. The molecule has 0 amide bonds. The van der Waals surface area contributed by atoms with Crippen molar-refractivity contribution >= 4 is 12.9 Å². The first-order valence-corrected chi connectivity index (χ1v) is 6.39. The Hall–Kier alpha value is -0.973. The van der Waals surface area contributed by atoms with Crippen molar-refractivity contribution in [3.63, 3.8) is 0 Å². The van der Waals surface area contributed by atoms with Crippen molar-refractivity contribution < 1.29 is 32.8 Å². The van der Waals surface area contributed by atoms with Gasteiger partial charge in [0.05, 0.1) is 0 Å². The fraction of sp³-hybridized carbons (Fsp3) is 0. The summed E-state index contributed by atoms with van der Waals surface area (Å²) >= 11 is 0. The molecule has 1 aliphatic heterocycles. The van der Waals surface area contributed by atoms with Crippen LogP contribution in [0.15, 0.2) is 42.5 Å². The van der Waals surface area contributed by atoms with Crippen molar-refractivity contribution in [2.45, 2.75) is 0 Å². The summed E-state index contributed by atoms with van der Waals surface area (Å²) in [6.45, 7) is 0. The van der Waals surface area contributed by atoms with Gasteiger partial charge in [0.25, 0.3) is 0 Å². The predicted octanol–water partition coefficient (Wildman–Crippen LogP) is -0.639. The molecule has 17 heavy (non-hydrogen) atoms. The van der Waals surface area contributed by atoms with Gasteiger partial charge in [0.1, 0.15) is 5.75 Å². The van der Waals surface area contributed by atoms with E-state index in [-0.39, 0.29) is 24.2 Å². The van der Waals surface area contributed by atoms with Gasteiger partial charge in [0, 0.05) is 0 Å². The van der Waals surface area contributed by atoms with Gasteiger partial charge in [-0.2, -0.15) is 24.3 Å². The van der Waals surface area contributed by atoms with Crippen LogP contribution in [0.25, 0.3) is 11.1 Å². The first-order valence-electron chi connectivity index (χ1n) is 4.81. The second-order valence-electron chi connectivity index (χ2n) is 3.54. The number of para-hydroxylation sites is 1. The largest absolute Gasteiger partial charge is 1.00 e. The third kappa shape index (κ3) is 1.96. The molecular formula is C12H8LiO3P. The molecule has 0 aliphatic carbocycles.